The van der Waals surface area contributed by atoms with E-state index in [0.29, 0.717) is 6.42 Å². The summed E-state index contributed by atoms with van der Waals surface area (Å²) < 4.78 is 5.77. The molecule has 108 valence electrons. The highest BCUT2D eigenvalue weighted by Crippen LogP contribution is 2.33. The summed E-state index contributed by atoms with van der Waals surface area (Å²) in [7, 11) is 0. The predicted molar refractivity (Wildman–Crippen MR) is 78.4 cm³/mol. The fourth-order valence-corrected chi connectivity index (χ4v) is 2.91. The molecule has 20 heavy (non-hydrogen) atoms. The van der Waals surface area contributed by atoms with Crippen LogP contribution in [0.5, 0.6) is 0 Å². The molecule has 1 N–H and O–H groups in total. The van der Waals surface area contributed by atoms with Gasteiger partial charge in [0.05, 0.1) is 19.1 Å². The number of hydrogen-bond donors (Lipinski definition) is 1. The number of benzene rings is 1. The minimum atomic E-state index is -0.0663. The van der Waals surface area contributed by atoms with Gasteiger partial charge in [0, 0.05) is 6.54 Å². The monoisotopic (exact) mass is 273 g/mol. The first-order chi connectivity index (χ1) is 9.83. The van der Waals surface area contributed by atoms with E-state index in [2.05, 4.69) is 23.5 Å². The number of rotatable bonds is 6. The molecule has 0 aromatic heterocycles. The third kappa shape index (κ3) is 3.60. The highest BCUT2D eigenvalue weighted by molar-refractivity contribution is 5.76. The van der Waals surface area contributed by atoms with Gasteiger partial charge in [-0.25, -0.2) is 0 Å². The van der Waals surface area contributed by atoms with Gasteiger partial charge in [0.15, 0.2) is 0 Å². The van der Waals surface area contributed by atoms with Crippen LogP contribution in [0.25, 0.3) is 0 Å². The van der Waals surface area contributed by atoms with E-state index in [1.54, 1.807) is 0 Å². The van der Waals surface area contributed by atoms with Crippen molar-refractivity contribution < 1.29 is 9.53 Å². The molecule has 0 bridgehead atoms. The minimum absolute atomic E-state index is 0.0663. The number of carbonyl (C=O) groups is 1. The molecule has 0 spiro atoms. The van der Waals surface area contributed by atoms with Crippen molar-refractivity contribution in [2.75, 3.05) is 13.2 Å². The highest BCUT2D eigenvalue weighted by atomic mass is 16.5. The summed E-state index contributed by atoms with van der Waals surface area (Å²) in [6.45, 7) is 1.53. The molecule has 1 aliphatic carbocycles. The summed E-state index contributed by atoms with van der Waals surface area (Å²) in [5.41, 5.74) is 2.51. The molecule has 1 heterocycles. The van der Waals surface area contributed by atoms with Gasteiger partial charge in [0.2, 0.25) is 5.91 Å². The van der Waals surface area contributed by atoms with E-state index in [1.807, 2.05) is 6.07 Å². The fourth-order valence-electron chi connectivity index (χ4n) is 2.91. The quantitative estimate of drug-likeness (QED) is 0.809. The van der Waals surface area contributed by atoms with Gasteiger partial charge in [-0.2, -0.15) is 0 Å². The van der Waals surface area contributed by atoms with Crippen LogP contribution in [0.3, 0.4) is 0 Å². The Morgan fingerprint density at radius 1 is 1.30 bits per heavy atom. The van der Waals surface area contributed by atoms with Gasteiger partial charge >= 0.3 is 0 Å². The normalized spacial score (nSPS) is 21.3. The molecular weight excluding hydrogens is 250 g/mol. The van der Waals surface area contributed by atoms with Gasteiger partial charge in [-0.05, 0) is 36.3 Å². The maximum atomic E-state index is 12.0. The standard InChI is InChI=1S/C17H23NO2/c19-17(18-10-3-4-13-7-8-13)12-16-15-6-2-1-5-14(15)9-11-20-16/h1-2,5-6,13,16H,3-4,7-12H2,(H,18,19)/t16-/m1/s1. The Balaban J connectivity index is 1.46. The summed E-state index contributed by atoms with van der Waals surface area (Å²) in [6.07, 6.45) is 6.49. The molecule has 1 fully saturated rings. The minimum Gasteiger partial charge on any atom is -0.373 e. The number of nitrogens with one attached hydrogen (secondary N) is 1. The Labute approximate surface area is 120 Å². The molecule has 1 saturated carbocycles. The first-order valence-electron chi connectivity index (χ1n) is 7.79. The van der Waals surface area contributed by atoms with E-state index in [4.69, 9.17) is 4.74 Å². The first kappa shape index (κ1) is 13.6. The number of hydrogen-bond acceptors (Lipinski definition) is 2. The summed E-state index contributed by atoms with van der Waals surface area (Å²) >= 11 is 0. The molecule has 1 atom stereocenters. The average Bonchev–Trinajstić information content (AvgIpc) is 3.28. The van der Waals surface area contributed by atoms with Crippen LogP contribution in [0, 0.1) is 5.92 Å². The van der Waals surface area contributed by atoms with Crippen molar-refractivity contribution in [1.82, 2.24) is 5.32 Å². The largest absolute Gasteiger partial charge is 0.373 e. The van der Waals surface area contributed by atoms with E-state index in [1.165, 1.54) is 30.4 Å². The number of amides is 1. The lowest BCUT2D eigenvalue weighted by Crippen LogP contribution is -2.28. The molecule has 0 unspecified atom stereocenters. The molecule has 3 heteroatoms. The zero-order valence-electron chi connectivity index (χ0n) is 11.9. The topological polar surface area (TPSA) is 38.3 Å². The second-order valence-electron chi connectivity index (χ2n) is 5.95. The SMILES string of the molecule is O=C(C[C@H]1OCCc2ccccc21)NCCCC1CC1. The Hall–Kier alpha value is -1.35. The zero-order chi connectivity index (χ0) is 13.8. The summed E-state index contributed by atoms with van der Waals surface area (Å²) in [4.78, 5) is 12.0. The van der Waals surface area contributed by atoms with Crippen LogP contribution in [0.1, 0.15) is 49.3 Å². The summed E-state index contributed by atoms with van der Waals surface area (Å²) in [5, 5.41) is 3.02. The summed E-state index contributed by atoms with van der Waals surface area (Å²) in [6, 6.07) is 8.30. The molecule has 1 aliphatic heterocycles. The number of carbonyl (C=O) groups excluding carboxylic acids is 1. The lowest BCUT2D eigenvalue weighted by atomic mass is 9.95. The van der Waals surface area contributed by atoms with Gasteiger partial charge in [0.25, 0.3) is 0 Å². The van der Waals surface area contributed by atoms with Crippen molar-refractivity contribution in [2.24, 2.45) is 5.92 Å². The van der Waals surface area contributed by atoms with Gasteiger partial charge < -0.3 is 10.1 Å². The lowest BCUT2D eigenvalue weighted by Gasteiger charge is -2.25. The fraction of sp³-hybridized carbons (Fsp3) is 0.588. The van der Waals surface area contributed by atoms with Gasteiger partial charge in [-0.1, -0.05) is 37.1 Å². The van der Waals surface area contributed by atoms with E-state index >= 15 is 0 Å². The van der Waals surface area contributed by atoms with E-state index in [9.17, 15) is 4.79 Å². The van der Waals surface area contributed by atoms with Crippen molar-refractivity contribution in [3.05, 3.63) is 35.4 Å². The molecular formula is C17H23NO2. The zero-order valence-corrected chi connectivity index (χ0v) is 11.9. The van der Waals surface area contributed by atoms with Crippen molar-refractivity contribution in [3.63, 3.8) is 0 Å². The van der Waals surface area contributed by atoms with Crippen molar-refractivity contribution >= 4 is 5.91 Å². The molecule has 1 aromatic carbocycles. The van der Waals surface area contributed by atoms with Crippen molar-refractivity contribution in [1.29, 1.82) is 0 Å². The molecule has 1 amide bonds. The van der Waals surface area contributed by atoms with Crippen molar-refractivity contribution in [2.45, 2.75) is 44.6 Å². The first-order valence-corrected chi connectivity index (χ1v) is 7.79. The molecule has 0 radical (unpaired) electrons. The molecule has 0 saturated heterocycles. The Morgan fingerprint density at radius 2 is 2.15 bits per heavy atom. The number of fused-ring (bicyclic) bond motifs is 1. The molecule has 2 aliphatic rings. The Kier molecular flexibility index (Phi) is 4.36. The maximum Gasteiger partial charge on any atom is 0.222 e. The third-order valence-corrected chi connectivity index (χ3v) is 4.27. The second kappa shape index (κ2) is 6.40. The van der Waals surface area contributed by atoms with E-state index in [-0.39, 0.29) is 12.0 Å². The Bertz CT molecular complexity index is 468. The van der Waals surface area contributed by atoms with E-state index < -0.39 is 0 Å². The lowest BCUT2D eigenvalue weighted by molar-refractivity contribution is -0.124. The molecule has 3 nitrogen and oxygen atoms in total. The molecule has 3 rings (SSSR count). The predicted octanol–water partition coefficient (Wildman–Crippen LogP) is 3.00. The Morgan fingerprint density at radius 3 is 3.00 bits per heavy atom. The van der Waals surface area contributed by atoms with Crippen molar-refractivity contribution in [3.8, 4) is 0 Å². The van der Waals surface area contributed by atoms with Gasteiger partial charge in [-0.15, -0.1) is 0 Å². The second-order valence-corrected chi connectivity index (χ2v) is 5.95. The van der Waals surface area contributed by atoms with Crippen LogP contribution in [-0.4, -0.2) is 19.1 Å². The van der Waals surface area contributed by atoms with Gasteiger partial charge in [-0.3, -0.25) is 4.79 Å². The van der Waals surface area contributed by atoms with Crippen LogP contribution in [0.15, 0.2) is 24.3 Å². The van der Waals surface area contributed by atoms with Crippen LogP contribution >= 0.6 is 0 Å². The smallest absolute Gasteiger partial charge is 0.222 e. The maximum absolute atomic E-state index is 12.0. The highest BCUT2D eigenvalue weighted by Gasteiger charge is 2.23. The van der Waals surface area contributed by atoms with E-state index in [0.717, 1.165) is 31.9 Å². The van der Waals surface area contributed by atoms with Crippen LogP contribution in [0.4, 0.5) is 0 Å². The van der Waals surface area contributed by atoms with Crippen LogP contribution < -0.4 is 5.32 Å². The third-order valence-electron chi connectivity index (χ3n) is 4.27. The summed E-state index contributed by atoms with van der Waals surface area (Å²) in [5.74, 6) is 1.06. The number of ether oxygens (including phenoxy) is 1. The van der Waals surface area contributed by atoms with Crippen LogP contribution in [-0.2, 0) is 16.0 Å². The average molecular weight is 273 g/mol. The van der Waals surface area contributed by atoms with Gasteiger partial charge in [0.1, 0.15) is 0 Å². The van der Waals surface area contributed by atoms with Crippen LogP contribution in [0.2, 0.25) is 0 Å². The molecule has 1 aromatic rings.